The third kappa shape index (κ3) is 3.74. The molecule has 0 atom stereocenters. The van der Waals surface area contributed by atoms with Crippen molar-refractivity contribution in [1.29, 1.82) is 0 Å². The minimum Gasteiger partial charge on any atom is -0.355 e. The fourth-order valence-electron chi connectivity index (χ4n) is 3.18. The third-order valence-corrected chi connectivity index (χ3v) is 6.56. The Hall–Kier alpha value is -1.41. The van der Waals surface area contributed by atoms with Gasteiger partial charge < -0.3 is 9.80 Å². The van der Waals surface area contributed by atoms with Crippen LogP contribution >= 0.6 is 0 Å². The molecule has 8 heteroatoms. The fourth-order valence-corrected chi connectivity index (χ4v) is 4.68. The van der Waals surface area contributed by atoms with E-state index in [4.69, 9.17) is 0 Å². The Bertz CT molecular complexity index is 605. The molecule has 1 aromatic heterocycles. The second-order valence-corrected chi connectivity index (χ2v) is 8.23. The largest absolute Gasteiger partial charge is 0.355 e. The number of anilines is 2. The van der Waals surface area contributed by atoms with Gasteiger partial charge in [0.25, 0.3) is 0 Å². The minimum atomic E-state index is -3.09. The van der Waals surface area contributed by atoms with Gasteiger partial charge in [0, 0.05) is 39.3 Å². The maximum absolute atomic E-state index is 12.1. The standard InChI is InChI=1S/C15H25N5O2S/c1-2-13-23(21,22)20-11-9-19(10-12-20)15-6-5-14(16-17-15)18-7-3-4-8-18/h5-6H,2-4,7-13H2,1H3. The van der Waals surface area contributed by atoms with E-state index in [9.17, 15) is 8.42 Å². The van der Waals surface area contributed by atoms with Crippen LogP contribution < -0.4 is 9.80 Å². The van der Waals surface area contributed by atoms with Gasteiger partial charge in [0.2, 0.25) is 10.0 Å². The van der Waals surface area contributed by atoms with Crippen LogP contribution in [0.15, 0.2) is 12.1 Å². The molecule has 0 aliphatic carbocycles. The Morgan fingerprint density at radius 1 is 0.913 bits per heavy atom. The number of rotatable bonds is 5. The molecule has 0 radical (unpaired) electrons. The van der Waals surface area contributed by atoms with Crippen molar-refractivity contribution < 1.29 is 8.42 Å². The van der Waals surface area contributed by atoms with E-state index in [-0.39, 0.29) is 5.75 Å². The molecule has 0 unspecified atom stereocenters. The molecule has 2 aliphatic heterocycles. The van der Waals surface area contributed by atoms with Crippen molar-refractivity contribution in [3.05, 3.63) is 12.1 Å². The number of nitrogens with zero attached hydrogens (tertiary/aromatic N) is 5. The predicted molar refractivity (Wildman–Crippen MR) is 91.3 cm³/mol. The number of piperazine rings is 1. The van der Waals surface area contributed by atoms with Crippen LogP contribution in [0.1, 0.15) is 26.2 Å². The topological polar surface area (TPSA) is 69.6 Å². The molecule has 0 aromatic carbocycles. The van der Waals surface area contributed by atoms with Crippen LogP contribution in [-0.2, 0) is 10.0 Å². The van der Waals surface area contributed by atoms with Gasteiger partial charge in [0.1, 0.15) is 0 Å². The van der Waals surface area contributed by atoms with E-state index in [2.05, 4.69) is 20.0 Å². The predicted octanol–water partition coefficient (Wildman–Crippen LogP) is 0.939. The van der Waals surface area contributed by atoms with E-state index in [0.717, 1.165) is 24.7 Å². The molecule has 23 heavy (non-hydrogen) atoms. The summed E-state index contributed by atoms with van der Waals surface area (Å²) >= 11 is 0. The zero-order chi connectivity index (χ0) is 16.3. The lowest BCUT2D eigenvalue weighted by Crippen LogP contribution is -2.49. The Labute approximate surface area is 138 Å². The van der Waals surface area contributed by atoms with Crippen molar-refractivity contribution in [2.24, 2.45) is 0 Å². The van der Waals surface area contributed by atoms with Crippen molar-refractivity contribution in [2.45, 2.75) is 26.2 Å². The van der Waals surface area contributed by atoms with Gasteiger partial charge in [0.15, 0.2) is 11.6 Å². The van der Waals surface area contributed by atoms with E-state index in [0.29, 0.717) is 32.6 Å². The molecule has 0 spiro atoms. The van der Waals surface area contributed by atoms with Gasteiger partial charge >= 0.3 is 0 Å². The quantitative estimate of drug-likeness (QED) is 0.795. The highest BCUT2D eigenvalue weighted by Crippen LogP contribution is 2.20. The first-order chi connectivity index (χ1) is 11.1. The monoisotopic (exact) mass is 339 g/mol. The summed E-state index contributed by atoms with van der Waals surface area (Å²) < 4.78 is 25.8. The molecule has 7 nitrogen and oxygen atoms in total. The van der Waals surface area contributed by atoms with Gasteiger partial charge in [-0.1, -0.05) is 6.92 Å². The molecule has 2 fully saturated rings. The average molecular weight is 339 g/mol. The van der Waals surface area contributed by atoms with Crippen LogP contribution in [0.25, 0.3) is 0 Å². The summed E-state index contributed by atoms with van der Waals surface area (Å²) in [7, 11) is -3.09. The summed E-state index contributed by atoms with van der Waals surface area (Å²) in [6, 6.07) is 4.02. The highest BCUT2D eigenvalue weighted by atomic mass is 32.2. The van der Waals surface area contributed by atoms with Crippen LogP contribution in [-0.4, -0.2) is 67.9 Å². The van der Waals surface area contributed by atoms with Crippen molar-refractivity contribution in [2.75, 3.05) is 54.8 Å². The van der Waals surface area contributed by atoms with Crippen LogP contribution in [0.3, 0.4) is 0 Å². The van der Waals surface area contributed by atoms with Gasteiger partial charge in [-0.15, -0.1) is 10.2 Å². The smallest absolute Gasteiger partial charge is 0.214 e. The Morgan fingerprint density at radius 2 is 1.43 bits per heavy atom. The van der Waals surface area contributed by atoms with Crippen LogP contribution in [0, 0.1) is 0 Å². The highest BCUT2D eigenvalue weighted by Gasteiger charge is 2.26. The van der Waals surface area contributed by atoms with Gasteiger partial charge in [-0.2, -0.15) is 4.31 Å². The molecule has 0 bridgehead atoms. The lowest BCUT2D eigenvalue weighted by molar-refractivity contribution is 0.383. The summed E-state index contributed by atoms with van der Waals surface area (Å²) in [5.74, 6) is 2.01. The molecule has 1 aromatic rings. The second kappa shape index (κ2) is 7.00. The van der Waals surface area contributed by atoms with E-state index in [1.807, 2.05) is 19.1 Å². The van der Waals surface area contributed by atoms with Gasteiger partial charge in [-0.05, 0) is 31.4 Å². The lowest BCUT2D eigenvalue weighted by Gasteiger charge is -2.34. The molecule has 3 heterocycles. The fraction of sp³-hybridized carbons (Fsp3) is 0.733. The molecule has 3 rings (SSSR count). The van der Waals surface area contributed by atoms with E-state index in [1.165, 1.54) is 12.8 Å². The van der Waals surface area contributed by atoms with Gasteiger partial charge in [-0.3, -0.25) is 0 Å². The summed E-state index contributed by atoms with van der Waals surface area (Å²) in [5, 5.41) is 8.67. The third-order valence-electron chi connectivity index (χ3n) is 4.48. The molecule has 0 N–H and O–H groups in total. The van der Waals surface area contributed by atoms with Gasteiger partial charge in [0.05, 0.1) is 5.75 Å². The van der Waals surface area contributed by atoms with E-state index >= 15 is 0 Å². The highest BCUT2D eigenvalue weighted by molar-refractivity contribution is 7.89. The number of hydrogen-bond acceptors (Lipinski definition) is 6. The van der Waals surface area contributed by atoms with E-state index in [1.54, 1.807) is 4.31 Å². The maximum atomic E-state index is 12.1. The van der Waals surface area contributed by atoms with Crippen LogP contribution in [0.4, 0.5) is 11.6 Å². The number of hydrogen-bond donors (Lipinski definition) is 0. The molecule has 128 valence electrons. The summed E-state index contributed by atoms with van der Waals surface area (Å²) in [4.78, 5) is 4.37. The molecular formula is C15H25N5O2S. The first-order valence-corrected chi connectivity index (χ1v) is 10.0. The lowest BCUT2D eigenvalue weighted by atomic mass is 10.3. The molecular weight excluding hydrogens is 314 g/mol. The SMILES string of the molecule is CCCS(=O)(=O)N1CCN(c2ccc(N3CCCC3)nn2)CC1. The van der Waals surface area contributed by atoms with E-state index < -0.39 is 10.0 Å². The number of aromatic nitrogens is 2. The van der Waals surface area contributed by atoms with Crippen molar-refractivity contribution in [1.82, 2.24) is 14.5 Å². The Morgan fingerprint density at radius 3 is 1.91 bits per heavy atom. The van der Waals surface area contributed by atoms with Crippen molar-refractivity contribution in [3.8, 4) is 0 Å². The van der Waals surface area contributed by atoms with Gasteiger partial charge in [-0.25, -0.2) is 8.42 Å². The second-order valence-electron chi connectivity index (χ2n) is 6.15. The molecule has 2 saturated heterocycles. The maximum Gasteiger partial charge on any atom is 0.214 e. The molecule has 0 saturated carbocycles. The Balaban J connectivity index is 1.59. The number of sulfonamides is 1. The zero-order valence-corrected chi connectivity index (χ0v) is 14.5. The van der Waals surface area contributed by atoms with Crippen molar-refractivity contribution in [3.63, 3.8) is 0 Å². The Kier molecular flexibility index (Phi) is 5.01. The average Bonchev–Trinajstić information content (AvgIpc) is 3.10. The molecule has 2 aliphatic rings. The first-order valence-electron chi connectivity index (χ1n) is 8.41. The zero-order valence-electron chi connectivity index (χ0n) is 13.7. The normalized spacial score (nSPS) is 20.2. The van der Waals surface area contributed by atoms with Crippen LogP contribution in [0.5, 0.6) is 0 Å². The van der Waals surface area contributed by atoms with Crippen molar-refractivity contribution >= 4 is 21.7 Å². The van der Waals surface area contributed by atoms with Crippen LogP contribution in [0.2, 0.25) is 0 Å². The summed E-state index contributed by atoms with van der Waals surface area (Å²) in [6.45, 7) is 6.40. The first kappa shape index (κ1) is 16.4. The summed E-state index contributed by atoms with van der Waals surface area (Å²) in [6.07, 6.45) is 3.10. The molecule has 0 amide bonds. The summed E-state index contributed by atoms with van der Waals surface area (Å²) in [5.41, 5.74) is 0. The minimum absolute atomic E-state index is 0.233.